The Labute approximate surface area is 178 Å². The van der Waals surface area contributed by atoms with E-state index >= 15 is 0 Å². The molecule has 1 amide bonds. The molecule has 31 heavy (non-hydrogen) atoms. The third-order valence-electron chi connectivity index (χ3n) is 5.51. The highest BCUT2D eigenvalue weighted by Gasteiger charge is 2.43. The summed E-state index contributed by atoms with van der Waals surface area (Å²) in [5, 5.41) is 0.470. The molecule has 2 aromatic heterocycles. The molecule has 6 nitrogen and oxygen atoms in total. The summed E-state index contributed by atoms with van der Waals surface area (Å²) in [7, 11) is 0. The summed E-state index contributed by atoms with van der Waals surface area (Å²) in [6.45, 7) is 4.57. The minimum absolute atomic E-state index is 0.0831. The van der Waals surface area contributed by atoms with Crippen LogP contribution in [0.4, 0.5) is 0 Å². The fourth-order valence-corrected chi connectivity index (χ4v) is 4.16. The van der Waals surface area contributed by atoms with Crippen molar-refractivity contribution in [2.24, 2.45) is 0 Å². The Morgan fingerprint density at radius 3 is 2.71 bits per heavy atom. The first-order valence-electron chi connectivity index (χ1n) is 10.2. The average molecular weight is 415 g/mol. The Morgan fingerprint density at radius 1 is 1.06 bits per heavy atom. The van der Waals surface area contributed by atoms with Crippen molar-refractivity contribution in [2.75, 3.05) is 6.61 Å². The number of carbonyl (C=O) groups is 1. The van der Waals surface area contributed by atoms with Gasteiger partial charge >= 0.3 is 0 Å². The zero-order chi connectivity index (χ0) is 21.5. The van der Waals surface area contributed by atoms with Crippen LogP contribution in [-0.2, 0) is 6.54 Å². The molecule has 0 radical (unpaired) electrons. The van der Waals surface area contributed by atoms with Crippen molar-refractivity contribution in [3.05, 3.63) is 99.3 Å². The highest BCUT2D eigenvalue weighted by molar-refractivity contribution is 5.99. The van der Waals surface area contributed by atoms with Gasteiger partial charge in [-0.25, -0.2) is 0 Å². The lowest BCUT2D eigenvalue weighted by Crippen LogP contribution is -2.29. The van der Waals surface area contributed by atoms with Gasteiger partial charge in [0.2, 0.25) is 5.76 Å². The molecule has 1 aliphatic rings. The Hall–Kier alpha value is -3.80. The zero-order valence-electron chi connectivity index (χ0n) is 17.3. The van der Waals surface area contributed by atoms with E-state index < -0.39 is 6.04 Å². The van der Waals surface area contributed by atoms with Gasteiger partial charge in [0, 0.05) is 0 Å². The van der Waals surface area contributed by atoms with Gasteiger partial charge in [-0.3, -0.25) is 9.59 Å². The van der Waals surface area contributed by atoms with Gasteiger partial charge in [-0.2, -0.15) is 0 Å². The second kappa shape index (κ2) is 7.47. The molecule has 0 unspecified atom stereocenters. The number of carbonyl (C=O) groups excluding carboxylic acids is 1. The minimum Gasteiger partial charge on any atom is -0.494 e. The maximum Gasteiger partial charge on any atom is 0.291 e. The van der Waals surface area contributed by atoms with E-state index in [1.54, 1.807) is 35.4 Å². The van der Waals surface area contributed by atoms with Crippen molar-refractivity contribution in [3.8, 4) is 5.75 Å². The van der Waals surface area contributed by atoms with Gasteiger partial charge in [0.15, 0.2) is 5.43 Å². The Kier molecular flexibility index (Phi) is 4.62. The standard InChI is InChI=1S/C25H21NO5/c1-3-29-17-7-4-6-16(13-17)22-21-23(27)19-12-15(2)9-10-20(19)31-24(21)25(28)26(22)14-18-8-5-11-30-18/h4-13,22H,3,14H2,1-2H3/t22-/m0/s1. The molecule has 2 aromatic carbocycles. The molecule has 0 N–H and O–H groups in total. The van der Waals surface area contributed by atoms with Crippen LogP contribution in [0, 0.1) is 6.92 Å². The molecule has 1 atom stereocenters. The summed E-state index contributed by atoms with van der Waals surface area (Å²) in [6.07, 6.45) is 1.56. The van der Waals surface area contributed by atoms with Crippen LogP contribution in [0.2, 0.25) is 0 Å². The number of amides is 1. The van der Waals surface area contributed by atoms with E-state index in [2.05, 4.69) is 0 Å². The Bertz CT molecular complexity index is 1340. The second-order valence-corrected chi connectivity index (χ2v) is 7.59. The minimum atomic E-state index is -0.603. The van der Waals surface area contributed by atoms with Crippen LogP contribution in [-0.4, -0.2) is 17.4 Å². The summed E-state index contributed by atoms with van der Waals surface area (Å²) in [5.74, 6) is 1.05. The Morgan fingerprint density at radius 2 is 1.94 bits per heavy atom. The first-order valence-corrected chi connectivity index (χ1v) is 10.2. The van der Waals surface area contributed by atoms with Crippen LogP contribution in [0.15, 0.2) is 74.5 Å². The molecule has 0 fully saturated rings. The van der Waals surface area contributed by atoms with Crippen LogP contribution < -0.4 is 10.2 Å². The molecule has 4 aromatic rings. The highest BCUT2D eigenvalue weighted by atomic mass is 16.5. The molecule has 156 valence electrons. The van der Waals surface area contributed by atoms with E-state index in [9.17, 15) is 9.59 Å². The lowest BCUT2D eigenvalue weighted by molar-refractivity contribution is 0.0701. The maximum absolute atomic E-state index is 13.6. The third-order valence-corrected chi connectivity index (χ3v) is 5.51. The predicted molar refractivity (Wildman–Crippen MR) is 115 cm³/mol. The van der Waals surface area contributed by atoms with Gasteiger partial charge in [0.1, 0.15) is 17.1 Å². The normalized spacial score (nSPS) is 15.5. The van der Waals surface area contributed by atoms with Gasteiger partial charge in [-0.1, -0.05) is 23.8 Å². The van der Waals surface area contributed by atoms with Crippen molar-refractivity contribution < 1.29 is 18.4 Å². The number of nitrogens with zero attached hydrogens (tertiary/aromatic N) is 1. The zero-order valence-corrected chi connectivity index (χ0v) is 17.3. The van der Waals surface area contributed by atoms with E-state index in [1.165, 1.54) is 0 Å². The lowest BCUT2D eigenvalue weighted by Gasteiger charge is -2.24. The fraction of sp³-hybridized carbons (Fsp3) is 0.200. The van der Waals surface area contributed by atoms with Crippen LogP contribution >= 0.6 is 0 Å². The van der Waals surface area contributed by atoms with Crippen molar-refractivity contribution in [1.82, 2.24) is 4.90 Å². The number of aryl methyl sites for hydroxylation is 1. The van der Waals surface area contributed by atoms with Gasteiger partial charge in [-0.15, -0.1) is 0 Å². The number of benzene rings is 2. The molecule has 0 aliphatic carbocycles. The third kappa shape index (κ3) is 3.20. The van der Waals surface area contributed by atoms with Crippen LogP contribution in [0.5, 0.6) is 5.75 Å². The van der Waals surface area contributed by atoms with E-state index in [0.717, 1.165) is 11.1 Å². The first-order chi connectivity index (χ1) is 15.1. The first kappa shape index (κ1) is 19.2. The molecular formula is C25H21NO5. The summed E-state index contributed by atoms with van der Waals surface area (Å²) in [6, 6.07) is 15.8. The van der Waals surface area contributed by atoms with Crippen molar-refractivity contribution in [3.63, 3.8) is 0 Å². The summed E-state index contributed by atoms with van der Waals surface area (Å²) in [4.78, 5) is 28.6. The van der Waals surface area contributed by atoms with Crippen LogP contribution in [0.3, 0.4) is 0 Å². The largest absolute Gasteiger partial charge is 0.494 e. The summed E-state index contributed by atoms with van der Waals surface area (Å²) < 4.78 is 17.1. The van der Waals surface area contributed by atoms with Crippen molar-refractivity contribution in [2.45, 2.75) is 26.4 Å². The number of hydrogen-bond donors (Lipinski definition) is 0. The van der Waals surface area contributed by atoms with Crippen LogP contribution in [0.1, 0.15) is 46.0 Å². The molecule has 0 saturated carbocycles. The summed E-state index contributed by atoms with van der Waals surface area (Å²) >= 11 is 0. The smallest absolute Gasteiger partial charge is 0.291 e. The van der Waals surface area contributed by atoms with E-state index in [0.29, 0.717) is 34.6 Å². The maximum atomic E-state index is 13.6. The van der Waals surface area contributed by atoms with Gasteiger partial charge in [-0.05, 0) is 55.8 Å². The van der Waals surface area contributed by atoms with Gasteiger partial charge < -0.3 is 18.5 Å². The van der Waals surface area contributed by atoms with E-state index in [4.69, 9.17) is 13.6 Å². The van der Waals surface area contributed by atoms with Crippen molar-refractivity contribution in [1.29, 1.82) is 0 Å². The number of ether oxygens (including phenoxy) is 1. The van der Waals surface area contributed by atoms with E-state index in [1.807, 2.05) is 44.2 Å². The molecule has 0 saturated heterocycles. The fourth-order valence-electron chi connectivity index (χ4n) is 4.16. The number of rotatable bonds is 5. The molecule has 3 heterocycles. The second-order valence-electron chi connectivity index (χ2n) is 7.59. The number of fused-ring (bicyclic) bond motifs is 2. The predicted octanol–water partition coefficient (Wildman–Crippen LogP) is 4.84. The molecule has 6 heteroatoms. The molecule has 0 spiro atoms. The lowest BCUT2D eigenvalue weighted by atomic mass is 9.98. The Balaban J connectivity index is 1.73. The monoisotopic (exact) mass is 415 g/mol. The SMILES string of the molecule is CCOc1cccc([C@H]2c3c(oc4ccc(C)cc4c3=O)C(=O)N2Cc2ccco2)c1. The number of furan rings is 1. The summed E-state index contributed by atoms with van der Waals surface area (Å²) in [5.41, 5.74) is 2.30. The highest BCUT2D eigenvalue weighted by Crippen LogP contribution is 2.40. The number of hydrogen-bond acceptors (Lipinski definition) is 5. The molecular weight excluding hydrogens is 394 g/mol. The van der Waals surface area contributed by atoms with Crippen LogP contribution in [0.25, 0.3) is 11.0 Å². The quantitative estimate of drug-likeness (QED) is 0.466. The van der Waals surface area contributed by atoms with Gasteiger partial charge in [0.25, 0.3) is 5.91 Å². The van der Waals surface area contributed by atoms with Gasteiger partial charge in [0.05, 0.1) is 36.4 Å². The average Bonchev–Trinajstić information content (AvgIpc) is 3.37. The molecule has 0 bridgehead atoms. The molecule has 5 rings (SSSR count). The molecule has 1 aliphatic heterocycles. The van der Waals surface area contributed by atoms with Crippen molar-refractivity contribution >= 4 is 16.9 Å². The van der Waals surface area contributed by atoms with E-state index in [-0.39, 0.29) is 23.6 Å². The topological polar surface area (TPSA) is 72.9 Å².